The summed E-state index contributed by atoms with van der Waals surface area (Å²) in [6.45, 7) is 1.15. The molecule has 3 heteroatoms. The van der Waals surface area contributed by atoms with Gasteiger partial charge in [0.25, 0.3) is 0 Å². The molecule has 1 aromatic carbocycles. The summed E-state index contributed by atoms with van der Waals surface area (Å²) in [7, 11) is 2.13. The van der Waals surface area contributed by atoms with Gasteiger partial charge in [-0.15, -0.1) is 0 Å². The topological polar surface area (TPSA) is 3.24 Å². The Kier molecular flexibility index (Phi) is 3.01. The minimum absolute atomic E-state index is 0.446. The summed E-state index contributed by atoms with van der Waals surface area (Å²) in [5.74, 6) is 0. The van der Waals surface area contributed by atoms with Crippen molar-refractivity contribution in [3.05, 3.63) is 33.8 Å². The zero-order chi connectivity index (χ0) is 10.1. The second kappa shape index (κ2) is 4.09. The van der Waals surface area contributed by atoms with Gasteiger partial charge in [-0.1, -0.05) is 23.2 Å². The normalized spacial score (nSPS) is 22.9. The van der Waals surface area contributed by atoms with E-state index in [1.54, 1.807) is 0 Å². The molecule has 0 spiro atoms. The summed E-state index contributed by atoms with van der Waals surface area (Å²) < 4.78 is 0. The first-order chi connectivity index (χ1) is 6.68. The fourth-order valence-electron chi connectivity index (χ4n) is 2.07. The van der Waals surface area contributed by atoms with E-state index < -0.39 is 0 Å². The summed E-state index contributed by atoms with van der Waals surface area (Å²) >= 11 is 12.1. The lowest BCUT2D eigenvalue weighted by Crippen LogP contribution is -2.17. The Labute approximate surface area is 94.6 Å². The van der Waals surface area contributed by atoms with E-state index in [0.717, 1.165) is 16.6 Å². The van der Waals surface area contributed by atoms with E-state index in [2.05, 4.69) is 11.9 Å². The first-order valence-electron chi connectivity index (χ1n) is 4.83. The molecule has 1 aliphatic heterocycles. The van der Waals surface area contributed by atoms with Gasteiger partial charge in [0.05, 0.1) is 0 Å². The average Bonchev–Trinajstić information content (AvgIpc) is 2.56. The molecule has 1 saturated heterocycles. The standard InChI is InChI=1S/C11H13Cl2N/c1-14-6-2-3-11(14)9-7-8(12)4-5-10(9)13/h4-5,7,11H,2-3,6H2,1H3. The van der Waals surface area contributed by atoms with Crippen LogP contribution >= 0.6 is 23.2 Å². The van der Waals surface area contributed by atoms with Crippen LogP contribution in [-0.4, -0.2) is 18.5 Å². The number of rotatable bonds is 1. The van der Waals surface area contributed by atoms with E-state index >= 15 is 0 Å². The Hall–Kier alpha value is -0.240. The zero-order valence-corrected chi connectivity index (χ0v) is 9.65. The number of likely N-dealkylation sites (tertiary alicyclic amines) is 1. The minimum atomic E-state index is 0.446. The summed E-state index contributed by atoms with van der Waals surface area (Å²) in [5, 5.41) is 1.60. The predicted molar refractivity (Wildman–Crippen MR) is 61.1 cm³/mol. The molecule has 1 unspecified atom stereocenters. The molecule has 1 nitrogen and oxygen atoms in total. The van der Waals surface area contributed by atoms with Crippen molar-refractivity contribution in [2.45, 2.75) is 18.9 Å². The molecule has 0 bridgehead atoms. The van der Waals surface area contributed by atoms with Gasteiger partial charge < -0.3 is 0 Å². The van der Waals surface area contributed by atoms with Crippen LogP contribution in [0.15, 0.2) is 18.2 Å². The van der Waals surface area contributed by atoms with E-state index in [9.17, 15) is 0 Å². The van der Waals surface area contributed by atoms with Gasteiger partial charge in [-0.3, -0.25) is 4.90 Å². The molecule has 0 N–H and O–H groups in total. The fourth-order valence-corrected chi connectivity index (χ4v) is 2.50. The Morgan fingerprint density at radius 1 is 1.36 bits per heavy atom. The van der Waals surface area contributed by atoms with Crippen LogP contribution in [0.4, 0.5) is 0 Å². The maximum Gasteiger partial charge on any atom is 0.0454 e. The van der Waals surface area contributed by atoms with Crippen molar-refractivity contribution in [2.24, 2.45) is 0 Å². The highest BCUT2D eigenvalue weighted by molar-refractivity contribution is 6.33. The number of hydrogen-bond donors (Lipinski definition) is 0. The van der Waals surface area contributed by atoms with Crippen LogP contribution in [0.25, 0.3) is 0 Å². The molecule has 0 saturated carbocycles. The van der Waals surface area contributed by atoms with E-state index in [1.807, 2.05) is 18.2 Å². The molecule has 1 heterocycles. The van der Waals surface area contributed by atoms with Gasteiger partial charge in [0.1, 0.15) is 0 Å². The molecule has 1 fully saturated rings. The highest BCUT2D eigenvalue weighted by Gasteiger charge is 2.24. The molecule has 2 rings (SSSR count). The van der Waals surface area contributed by atoms with Crippen molar-refractivity contribution in [3.63, 3.8) is 0 Å². The van der Waals surface area contributed by atoms with Crippen molar-refractivity contribution in [1.29, 1.82) is 0 Å². The van der Waals surface area contributed by atoms with Crippen LogP contribution < -0.4 is 0 Å². The van der Waals surface area contributed by atoms with Gasteiger partial charge in [-0.05, 0) is 50.2 Å². The van der Waals surface area contributed by atoms with Crippen molar-refractivity contribution in [2.75, 3.05) is 13.6 Å². The third-order valence-electron chi connectivity index (χ3n) is 2.84. The van der Waals surface area contributed by atoms with E-state index in [-0.39, 0.29) is 0 Å². The van der Waals surface area contributed by atoms with Gasteiger partial charge in [0, 0.05) is 16.1 Å². The predicted octanol–water partition coefficient (Wildman–Crippen LogP) is 3.76. The second-order valence-electron chi connectivity index (χ2n) is 3.80. The maximum absolute atomic E-state index is 6.16. The van der Waals surface area contributed by atoms with Gasteiger partial charge in [-0.25, -0.2) is 0 Å². The third-order valence-corrected chi connectivity index (χ3v) is 3.42. The Bertz CT molecular complexity index is 338. The first-order valence-corrected chi connectivity index (χ1v) is 5.59. The molecule has 0 amide bonds. The lowest BCUT2D eigenvalue weighted by Gasteiger charge is -2.20. The molecule has 1 aliphatic rings. The summed E-state index contributed by atoms with van der Waals surface area (Å²) in [6.07, 6.45) is 2.42. The summed E-state index contributed by atoms with van der Waals surface area (Å²) in [4.78, 5) is 2.33. The number of halogens is 2. The van der Waals surface area contributed by atoms with Crippen molar-refractivity contribution >= 4 is 23.2 Å². The molecular weight excluding hydrogens is 217 g/mol. The van der Waals surface area contributed by atoms with E-state index in [1.165, 1.54) is 18.4 Å². The molecule has 0 radical (unpaired) electrons. The lowest BCUT2D eigenvalue weighted by atomic mass is 10.0. The Balaban J connectivity index is 2.34. The Morgan fingerprint density at radius 2 is 2.14 bits per heavy atom. The number of benzene rings is 1. The van der Waals surface area contributed by atoms with Crippen molar-refractivity contribution < 1.29 is 0 Å². The van der Waals surface area contributed by atoms with Gasteiger partial charge in [0.2, 0.25) is 0 Å². The quantitative estimate of drug-likeness (QED) is 0.709. The average molecular weight is 230 g/mol. The summed E-state index contributed by atoms with van der Waals surface area (Å²) in [6, 6.07) is 6.14. The maximum atomic E-state index is 6.16. The molecule has 1 atom stereocenters. The van der Waals surface area contributed by atoms with Crippen LogP contribution in [0.2, 0.25) is 10.0 Å². The second-order valence-corrected chi connectivity index (χ2v) is 4.65. The van der Waals surface area contributed by atoms with Gasteiger partial charge in [-0.2, -0.15) is 0 Å². The van der Waals surface area contributed by atoms with Gasteiger partial charge >= 0.3 is 0 Å². The van der Waals surface area contributed by atoms with Crippen LogP contribution in [0, 0.1) is 0 Å². The molecule has 1 aromatic rings. The van der Waals surface area contributed by atoms with Crippen LogP contribution in [0.3, 0.4) is 0 Å². The highest BCUT2D eigenvalue weighted by Crippen LogP contribution is 2.35. The van der Waals surface area contributed by atoms with E-state index in [0.29, 0.717) is 6.04 Å². The fraction of sp³-hybridized carbons (Fsp3) is 0.455. The van der Waals surface area contributed by atoms with Crippen LogP contribution in [-0.2, 0) is 0 Å². The van der Waals surface area contributed by atoms with Crippen molar-refractivity contribution in [3.8, 4) is 0 Å². The summed E-state index contributed by atoms with van der Waals surface area (Å²) in [5.41, 5.74) is 1.17. The lowest BCUT2D eigenvalue weighted by molar-refractivity contribution is 0.317. The molecule has 76 valence electrons. The van der Waals surface area contributed by atoms with Crippen LogP contribution in [0.5, 0.6) is 0 Å². The minimum Gasteiger partial charge on any atom is -0.299 e. The monoisotopic (exact) mass is 229 g/mol. The smallest absolute Gasteiger partial charge is 0.0454 e. The largest absolute Gasteiger partial charge is 0.299 e. The molecule has 0 aromatic heterocycles. The highest BCUT2D eigenvalue weighted by atomic mass is 35.5. The third kappa shape index (κ3) is 1.90. The molecular formula is C11H13Cl2N. The molecule has 0 aliphatic carbocycles. The van der Waals surface area contributed by atoms with E-state index in [4.69, 9.17) is 23.2 Å². The molecule has 14 heavy (non-hydrogen) atoms. The van der Waals surface area contributed by atoms with Crippen molar-refractivity contribution in [1.82, 2.24) is 4.90 Å². The van der Waals surface area contributed by atoms with Crippen LogP contribution in [0.1, 0.15) is 24.4 Å². The SMILES string of the molecule is CN1CCCC1c1cc(Cl)ccc1Cl. The first kappa shape index (κ1) is 10.3. The Morgan fingerprint density at radius 3 is 2.79 bits per heavy atom. The zero-order valence-electron chi connectivity index (χ0n) is 8.13. The van der Waals surface area contributed by atoms with Gasteiger partial charge in [0.15, 0.2) is 0 Å². The number of hydrogen-bond acceptors (Lipinski definition) is 1. The number of nitrogens with zero attached hydrogens (tertiary/aromatic N) is 1.